The number of nitro groups is 1. The number of carbonyl (C=O) groups is 1. The van der Waals surface area contributed by atoms with E-state index in [1.165, 1.54) is 11.4 Å². The summed E-state index contributed by atoms with van der Waals surface area (Å²) in [4.78, 5) is 21.4. The van der Waals surface area contributed by atoms with Crippen LogP contribution in [0.5, 0.6) is 0 Å². The Morgan fingerprint density at radius 1 is 1.75 bits per heavy atom. The molecule has 7 heteroatoms. The van der Waals surface area contributed by atoms with E-state index in [2.05, 4.69) is 5.32 Å². The van der Waals surface area contributed by atoms with Gasteiger partial charge in [-0.2, -0.15) is 0 Å². The van der Waals surface area contributed by atoms with Gasteiger partial charge >= 0.3 is 5.00 Å². The van der Waals surface area contributed by atoms with E-state index in [1.807, 2.05) is 6.92 Å². The molecular weight excluding hydrogens is 230 g/mol. The molecule has 1 unspecified atom stereocenters. The standard InChI is InChI=1S/C9H13N3O3S/c1-6(3-10)4-11-9(13)7-2-8(12(14)15)16-5-7/h2,5-6H,3-4,10H2,1H3,(H,11,13). The molecule has 1 heterocycles. The van der Waals surface area contributed by atoms with Gasteiger partial charge in [-0.1, -0.05) is 18.3 Å². The van der Waals surface area contributed by atoms with Gasteiger partial charge in [-0.15, -0.1) is 0 Å². The van der Waals surface area contributed by atoms with Crippen LogP contribution in [0.25, 0.3) is 0 Å². The minimum absolute atomic E-state index is 0.0305. The maximum atomic E-state index is 11.5. The molecule has 0 saturated carbocycles. The van der Waals surface area contributed by atoms with Gasteiger partial charge in [0.15, 0.2) is 0 Å². The highest BCUT2D eigenvalue weighted by Crippen LogP contribution is 2.22. The predicted molar refractivity (Wildman–Crippen MR) is 61.5 cm³/mol. The Labute approximate surface area is 96.6 Å². The van der Waals surface area contributed by atoms with Crippen molar-refractivity contribution >= 4 is 22.2 Å². The molecule has 0 radical (unpaired) electrons. The second kappa shape index (κ2) is 5.57. The van der Waals surface area contributed by atoms with Crippen LogP contribution in [0.1, 0.15) is 17.3 Å². The van der Waals surface area contributed by atoms with Crippen molar-refractivity contribution < 1.29 is 9.72 Å². The van der Waals surface area contributed by atoms with E-state index in [4.69, 9.17) is 5.73 Å². The molecule has 1 rings (SSSR count). The van der Waals surface area contributed by atoms with Gasteiger partial charge in [0.25, 0.3) is 5.91 Å². The van der Waals surface area contributed by atoms with Crippen LogP contribution in [-0.4, -0.2) is 23.9 Å². The Kier molecular flexibility index (Phi) is 4.39. The second-order valence-electron chi connectivity index (χ2n) is 3.48. The molecule has 0 aliphatic heterocycles. The van der Waals surface area contributed by atoms with Crippen LogP contribution in [0.15, 0.2) is 11.4 Å². The predicted octanol–water partition coefficient (Wildman–Crippen LogP) is 0.981. The average Bonchev–Trinajstić information content (AvgIpc) is 2.74. The van der Waals surface area contributed by atoms with Crippen LogP contribution in [0.2, 0.25) is 0 Å². The molecule has 0 bridgehead atoms. The van der Waals surface area contributed by atoms with Crippen molar-refractivity contribution in [2.75, 3.05) is 13.1 Å². The van der Waals surface area contributed by atoms with Crippen molar-refractivity contribution in [1.82, 2.24) is 5.32 Å². The summed E-state index contributed by atoms with van der Waals surface area (Å²) < 4.78 is 0. The average molecular weight is 243 g/mol. The Balaban J connectivity index is 2.56. The van der Waals surface area contributed by atoms with Crippen molar-refractivity contribution in [3.63, 3.8) is 0 Å². The lowest BCUT2D eigenvalue weighted by Gasteiger charge is -2.08. The van der Waals surface area contributed by atoms with E-state index >= 15 is 0 Å². The zero-order valence-corrected chi connectivity index (χ0v) is 9.62. The molecular formula is C9H13N3O3S. The third-order valence-electron chi connectivity index (χ3n) is 2.04. The van der Waals surface area contributed by atoms with Crippen LogP contribution in [-0.2, 0) is 0 Å². The molecule has 0 spiro atoms. The number of carbonyl (C=O) groups excluding carboxylic acids is 1. The first-order valence-electron chi connectivity index (χ1n) is 4.75. The van der Waals surface area contributed by atoms with Gasteiger partial charge in [0.2, 0.25) is 0 Å². The molecule has 1 aromatic heterocycles. The quantitative estimate of drug-likeness (QED) is 0.595. The van der Waals surface area contributed by atoms with E-state index in [0.29, 0.717) is 18.7 Å². The Morgan fingerprint density at radius 3 is 2.94 bits per heavy atom. The summed E-state index contributed by atoms with van der Waals surface area (Å²) in [5.74, 6) is -0.109. The first-order chi connectivity index (χ1) is 7.54. The normalized spacial score (nSPS) is 12.1. The minimum atomic E-state index is -0.510. The fourth-order valence-corrected chi connectivity index (χ4v) is 1.70. The number of nitrogens with two attached hydrogens (primary N) is 1. The largest absolute Gasteiger partial charge is 0.352 e. The summed E-state index contributed by atoms with van der Waals surface area (Å²) in [6.07, 6.45) is 0. The monoisotopic (exact) mass is 243 g/mol. The van der Waals surface area contributed by atoms with Crippen molar-refractivity contribution in [2.45, 2.75) is 6.92 Å². The zero-order chi connectivity index (χ0) is 12.1. The van der Waals surface area contributed by atoms with E-state index in [-0.39, 0.29) is 16.8 Å². The molecule has 1 aromatic rings. The van der Waals surface area contributed by atoms with Gasteiger partial charge in [0.05, 0.1) is 10.5 Å². The second-order valence-corrected chi connectivity index (χ2v) is 4.37. The summed E-state index contributed by atoms with van der Waals surface area (Å²) in [6.45, 7) is 2.87. The highest BCUT2D eigenvalue weighted by atomic mass is 32.1. The first-order valence-corrected chi connectivity index (χ1v) is 5.63. The summed E-state index contributed by atoms with van der Waals surface area (Å²) in [6, 6.07) is 1.27. The molecule has 0 saturated heterocycles. The Bertz CT molecular complexity index is 391. The maximum Gasteiger partial charge on any atom is 0.324 e. The summed E-state index contributed by atoms with van der Waals surface area (Å²) in [5.41, 5.74) is 5.72. The molecule has 1 amide bonds. The van der Waals surface area contributed by atoms with Crippen molar-refractivity contribution in [3.05, 3.63) is 27.1 Å². The molecule has 3 N–H and O–H groups in total. The molecule has 0 aromatic carbocycles. The van der Waals surface area contributed by atoms with Crippen molar-refractivity contribution in [3.8, 4) is 0 Å². The smallest absolute Gasteiger partial charge is 0.324 e. The molecule has 0 fully saturated rings. The fourth-order valence-electron chi connectivity index (χ4n) is 0.992. The molecule has 16 heavy (non-hydrogen) atoms. The number of hydrogen-bond acceptors (Lipinski definition) is 5. The summed E-state index contributed by atoms with van der Waals surface area (Å²) >= 11 is 0.941. The zero-order valence-electron chi connectivity index (χ0n) is 8.80. The van der Waals surface area contributed by atoms with Crippen LogP contribution in [0.4, 0.5) is 5.00 Å². The number of thiophene rings is 1. The SMILES string of the molecule is CC(CN)CNC(=O)c1csc([N+](=O)[O-])c1. The van der Waals surface area contributed by atoms with Crippen LogP contribution in [0, 0.1) is 16.0 Å². The summed E-state index contributed by atoms with van der Waals surface area (Å²) in [7, 11) is 0. The lowest BCUT2D eigenvalue weighted by atomic mass is 10.2. The van der Waals surface area contributed by atoms with Gasteiger partial charge in [0, 0.05) is 18.0 Å². The molecule has 0 aliphatic carbocycles. The van der Waals surface area contributed by atoms with Gasteiger partial charge in [0.1, 0.15) is 0 Å². The first kappa shape index (κ1) is 12.6. The fraction of sp³-hybridized carbons (Fsp3) is 0.444. The molecule has 1 atom stereocenters. The van der Waals surface area contributed by atoms with Crippen LogP contribution >= 0.6 is 11.3 Å². The van der Waals surface area contributed by atoms with Crippen molar-refractivity contribution in [1.29, 1.82) is 0 Å². The van der Waals surface area contributed by atoms with Gasteiger partial charge in [-0.25, -0.2) is 0 Å². The van der Waals surface area contributed by atoms with E-state index in [1.54, 1.807) is 0 Å². The number of nitrogens with one attached hydrogen (secondary N) is 1. The molecule has 0 aliphatic rings. The van der Waals surface area contributed by atoms with E-state index in [0.717, 1.165) is 11.3 Å². The topological polar surface area (TPSA) is 98.3 Å². The third kappa shape index (κ3) is 3.28. The number of hydrogen-bond donors (Lipinski definition) is 2. The van der Waals surface area contributed by atoms with Crippen LogP contribution in [0.3, 0.4) is 0 Å². The molecule has 88 valence electrons. The van der Waals surface area contributed by atoms with E-state index < -0.39 is 4.92 Å². The van der Waals surface area contributed by atoms with Crippen molar-refractivity contribution in [2.24, 2.45) is 11.7 Å². The van der Waals surface area contributed by atoms with Gasteiger partial charge < -0.3 is 11.1 Å². The molecule has 6 nitrogen and oxygen atoms in total. The number of amides is 1. The number of nitrogens with zero attached hydrogens (tertiary/aromatic N) is 1. The van der Waals surface area contributed by atoms with Crippen LogP contribution < -0.4 is 11.1 Å². The number of rotatable bonds is 5. The van der Waals surface area contributed by atoms with Gasteiger partial charge in [-0.05, 0) is 12.5 Å². The van der Waals surface area contributed by atoms with E-state index in [9.17, 15) is 14.9 Å². The lowest BCUT2D eigenvalue weighted by Crippen LogP contribution is -2.30. The maximum absolute atomic E-state index is 11.5. The minimum Gasteiger partial charge on any atom is -0.352 e. The third-order valence-corrected chi connectivity index (χ3v) is 2.92. The Hall–Kier alpha value is -1.47. The highest BCUT2D eigenvalue weighted by Gasteiger charge is 2.14. The Morgan fingerprint density at radius 2 is 2.44 bits per heavy atom. The lowest BCUT2D eigenvalue weighted by molar-refractivity contribution is -0.380. The van der Waals surface area contributed by atoms with Gasteiger partial charge in [-0.3, -0.25) is 14.9 Å². The summed E-state index contributed by atoms with van der Waals surface area (Å²) in [5, 5.41) is 14.5. The highest BCUT2D eigenvalue weighted by molar-refractivity contribution is 7.13.